The van der Waals surface area contributed by atoms with Crippen LogP contribution in [0.5, 0.6) is 5.75 Å². The number of nitrogens with one attached hydrogen (secondary N) is 1. The zero-order chi connectivity index (χ0) is 20.7. The quantitative estimate of drug-likeness (QED) is 0.618. The molecule has 0 bridgehead atoms. The third-order valence-corrected chi connectivity index (χ3v) is 5.18. The summed E-state index contributed by atoms with van der Waals surface area (Å²) in [7, 11) is 1.50. The summed E-state index contributed by atoms with van der Waals surface area (Å²) < 4.78 is 33.7. The van der Waals surface area contributed by atoms with Crippen molar-refractivity contribution >= 4 is 34.2 Å². The molecule has 1 N–H and O–H groups in total. The van der Waals surface area contributed by atoms with Crippen LogP contribution < -0.4 is 10.1 Å². The fourth-order valence-corrected chi connectivity index (χ4v) is 3.62. The lowest BCUT2D eigenvalue weighted by Gasteiger charge is -2.09. The molecule has 1 amide bonds. The van der Waals surface area contributed by atoms with E-state index in [-0.39, 0.29) is 23.9 Å². The number of pyridine rings is 1. The number of amides is 1. The highest BCUT2D eigenvalue weighted by Crippen LogP contribution is 2.41. The van der Waals surface area contributed by atoms with E-state index in [0.717, 1.165) is 12.8 Å². The minimum atomic E-state index is -2.63. The van der Waals surface area contributed by atoms with Crippen LogP contribution in [0.3, 0.4) is 0 Å². The van der Waals surface area contributed by atoms with Gasteiger partial charge in [-0.15, -0.1) is 0 Å². The van der Waals surface area contributed by atoms with Crippen molar-refractivity contribution in [3.63, 3.8) is 0 Å². The van der Waals surface area contributed by atoms with Crippen molar-refractivity contribution in [2.75, 3.05) is 12.4 Å². The molecule has 3 aromatic rings. The molecule has 9 heteroatoms. The van der Waals surface area contributed by atoms with Crippen LogP contribution in [0.25, 0.3) is 11.0 Å². The van der Waals surface area contributed by atoms with Gasteiger partial charge in [0.15, 0.2) is 5.65 Å². The molecule has 152 valence electrons. The summed E-state index contributed by atoms with van der Waals surface area (Å²) in [5, 5.41) is 7.70. The van der Waals surface area contributed by atoms with Crippen LogP contribution in [0.15, 0.2) is 24.3 Å². The standard InChI is InChI=1S/C20H19ClF2N4O2/c1-10-18-13(19(22)23)8-15(11-3-4-11)25-20(18)27(26-10)9-17(28)24-12-5-6-16(29-2)14(21)7-12/h5-8,11,19H,3-4,9H2,1-2H3,(H,24,28). The molecule has 0 spiro atoms. The normalized spacial score (nSPS) is 13.9. The van der Waals surface area contributed by atoms with Gasteiger partial charge in [0, 0.05) is 22.9 Å². The molecule has 0 saturated heterocycles. The lowest BCUT2D eigenvalue weighted by Crippen LogP contribution is -2.20. The van der Waals surface area contributed by atoms with Crippen LogP contribution in [0.2, 0.25) is 5.02 Å². The Morgan fingerprint density at radius 3 is 2.76 bits per heavy atom. The van der Waals surface area contributed by atoms with Crippen molar-refractivity contribution in [1.29, 1.82) is 0 Å². The van der Waals surface area contributed by atoms with E-state index in [4.69, 9.17) is 16.3 Å². The highest BCUT2D eigenvalue weighted by molar-refractivity contribution is 6.32. The average Bonchev–Trinajstić information content (AvgIpc) is 3.47. The number of carbonyl (C=O) groups excluding carboxylic acids is 1. The van der Waals surface area contributed by atoms with Crippen molar-refractivity contribution in [2.24, 2.45) is 0 Å². The third-order valence-electron chi connectivity index (χ3n) is 4.89. The summed E-state index contributed by atoms with van der Waals surface area (Å²) in [6.07, 6.45) is -0.760. The van der Waals surface area contributed by atoms with Crippen LogP contribution in [0.1, 0.15) is 42.1 Å². The summed E-state index contributed by atoms with van der Waals surface area (Å²) in [5.74, 6) is 0.332. The maximum absolute atomic E-state index is 13.6. The molecule has 1 aromatic carbocycles. The Balaban J connectivity index is 1.63. The van der Waals surface area contributed by atoms with Gasteiger partial charge in [0.05, 0.1) is 23.2 Å². The van der Waals surface area contributed by atoms with Crippen molar-refractivity contribution in [1.82, 2.24) is 14.8 Å². The van der Waals surface area contributed by atoms with E-state index in [1.807, 2.05) is 0 Å². The van der Waals surface area contributed by atoms with Gasteiger partial charge in [-0.2, -0.15) is 5.10 Å². The molecular formula is C20H19ClF2N4O2. The first kappa shape index (κ1) is 19.6. The maximum atomic E-state index is 13.6. The number of hydrogen-bond acceptors (Lipinski definition) is 4. The highest BCUT2D eigenvalue weighted by atomic mass is 35.5. The van der Waals surface area contributed by atoms with Gasteiger partial charge in [-0.05, 0) is 44.0 Å². The first-order valence-electron chi connectivity index (χ1n) is 9.17. The lowest BCUT2D eigenvalue weighted by molar-refractivity contribution is -0.116. The van der Waals surface area contributed by atoms with Gasteiger partial charge in [0.1, 0.15) is 12.3 Å². The molecule has 2 aromatic heterocycles. The average molecular weight is 421 g/mol. The van der Waals surface area contributed by atoms with Gasteiger partial charge < -0.3 is 10.1 Å². The van der Waals surface area contributed by atoms with Gasteiger partial charge in [-0.3, -0.25) is 4.79 Å². The van der Waals surface area contributed by atoms with Gasteiger partial charge in [-0.1, -0.05) is 11.6 Å². The lowest BCUT2D eigenvalue weighted by atomic mass is 10.1. The minimum Gasteiger partial charge on any atom is -0.495 e. The molecule has 0 unspecified atom stereocenters. The topological polar surface area (TPSA) is 69.0 Å². The van der Waals surface area contributed by atoms with E-state index >= 15 is 0 Å². The van der Waals surface area contributed by atoms with E-state index in [1.54, 1.807) is 25.1 Å². The molecule has 1 saturated carbocycles. The zero-order valence-electron chi connectivity index (χ0n) is 15.9. The molecule has 0 aliphatic heterocycles. The summed E-state index contributed by atoms with van der Waals surface area (Å²) in [4.78, 5) is 17.1. The van der Waals surface area contributed by atoms with E-state index < -0.39 is 6.43 Å². The third kappa shape index (κ3) is 3.89. The number of aromatic nitrogens is 3. The number of nitrogens with zero attached hydrogens (tertiary/aromatic N) is 3. The molecule has 1 aliphatic carbocycles. The van der Waals surface area contributed by atoms with E-state index in [2.05, 4.69) is 15.4 Å². The van der Waals surface area contributed by atoms with Gasteiger partial charge >= 0.3 is 0 Å². The number of anilines is 1. The number of carbonyl (C=O) groups is 1. The summed E-state index contributed by atoms with van der Waals surface area (Å²) >= 11 is 6.08. The molecule has 1 fully saturated rings. The predicted molar refractivity (Wildman–Crippen MR) is 106 cm³/mol. The minimum absolute atomic E-state index is 0.0806. The molecular weight excluding hydrogens is 402 g/mol. The number of methoxy groups -OCH3 is 1. The monoisotopic (exact) mass is 420 g/mol. The fraction of sp³-hybridized carbons (Fsp3) is 0.350. The predicted octanol–water partition coefficient (Wildman–Crippen LogP) is 4.86. The Morgan fingerprint density at radius 2 is 2.14 bits per heavy atom. The van der Waals surface area contributed by atoms with Gasteiger partial charge in [-0.25, -0.2) is 18.4 Å². The maximum Gasteiger partial charge on any atom is 0.264 e. The molecule has 2 heterocycles. The van der Waals surface area contributed by atoms with Crippen molar-refractivity contribution in [2.45, 2.75) is 38.7 Å². The number of rotatable bonds is 6. The number of halogens is 3. The van der Waals surface area contributed by atoms with Crippen molar-refractivity contribution in [3.8, 4) is 5.75 Å². The smallest absolute Gasteiger partial charge is 0.264 e. The Morgan fingerprint density at radius 1 is 1.38 bits per heavy atom. The fourth-order valence-electron chi connectivity index (χ4n) is 3.36. The van der Waals surface area contributed by atoms with Crippen LogP contribution in [0, 0.1) is 6.92 Å². The Kier molecular flexibility index (Phi) is 5.12. The van der Waals surface area contributed by atoms with Crippen LogP contribution in [0.4, 0.5) is 14.5 Å². The van der Waals surface area contributed by atoms with Crippen LogP contribution >= 0.6 is 11.6 Å². The largest absolute Gasteiger partial charge is 0.495 e. The van der Waals surface area contributed by atoms with Crippen molar-refractivity contribution in [3.05, 3.63) is 46.2 Å². The van der Waals surface area contributed by atoms with E-state index in [9.17, 15) is 13.6 Å². The van der Waals surface area contributed by atoms with E-state index in [1.165, 1.54) is 17.9 Å². The SMILES string of the molecule is COc1ccc(NC(=O)Cn2nc(C)c3c(C(F)F)cc(C4CC4)nc32)cc1Cl. The number of hydrogen-bond donors (Lipinski definition) is 1. The first-order chi connectivity index (χ1) is 13.9. The summed E-state index contributed by atoms with van der Waals surface area (Å²) in [6, 6.07) is 6.35. The second kappa shape index (κ2) is 7.59. The molecule has 4 rings (SSSR count). The van der Waals surface area contributed by atoms with E-state index in [0.29, 0.717) is 38.9 Å². The van der Waals surface area contributed by atoms with Crippen LogP contribution in [-0.2, 0) is 11.3 Å². The molecule has 29 heavy (non-hydrogen) atoms. The highest BCUT2D eigenvalue weighted by Gasteiger charge is 2.29. The van der Waals surface area contributed by atoms with Crippen LogP contribution in [-0.4, -0.2) is 27.8 Å². The second-order valence-corrected chi connectivity index (χ2v) is 7.46. The number of aryl methyl sites for hydroxylation is 1. The second-order valence-electron chi connectivity index (χ2n) is 7.05. The number of fused-ring (bicyclic) bond motifs is 1. The molecule has 1 aliphatic rings. The summed E-state index contributed by atoms with van der Waals surface area (Å²) in [6.45, 7) is 1.49. The Labute approximate surface area is 170 Å². The van der Waals surface area contributed by atoms with Crippen molar-refractivity contribution < 1.29 is 18.3 Å². The molecule has 0 atom stereocenters. The summed E-state index contributed by atoms with van der Waals surface area (Å²) in [5.41, 5.74) is 1.78. The first-order valence-corrected chi connectivity index (χ1v) is 9.54. The number of ether oxygens (including phenoxy) is 1. The Bertz CT molecular complexity index is 1100. The molecule has 6 nitrogen and oxygen atoms in total. The number of benzene rings is 1. The number of alkyl halides is 2. The van der Waals surface area contributed by atoms with Gasteiger partial charge in [0.2, 0.25) is 5.91 Å². The Hall–Kier alpha value is -2.74. The van der Waals surface area contributed by atoms with Gasteiger partial charge in [0.25, 0.3) is 6.43 Å². The zero-order valence-corrected chi connectivity index (χ0v) is 16.6. The molecule has 0 radical (unpaired) electrons.